The molecule has 2 saturated carbocycles. The number of aliphatic hydroxyl groups excluding tert-OH is 1. The molecule has 3 aliphatic carbocycles. The number of Topliss-reactive ketones (excluding diaryl/α,β-unsaturated/α-hetero) is 4. The van der Waals surface area contributed by atoms with Gasteiger partial charge in [-0.15, -0.1) is 0 Å². The van der Waals surface area contributed by atoms with Crippen LogP contribution in [-0.2, 0) is 28.7 Å². The summed E-state index contributed by atoms with van der Waals surface area (Å²) in [6.07, 6.45) is 1.52. The smallest absolute Gasteiger partial charge is 0.235 e. The molecule has 0 bridgehead atoms. The Bertz CT molecular complexity index is 1280. The maximum absolute atomic E-state index is 13.6. The average molecular weight is 483 g/mol. The fraction of sp³-hybridized carbons (Fsp3) is 0.375. The van der Waals surface area contributed by atoms with Crippen molar-refractivity contribution in [3.8, 4) is 5.75 Å². The van der Waals surface area contributed by atoms with E-state index in [4.69, 9.17) is 15.2 Å². The van der Waals surface area contributed by atoms with E-state index in [-0.39, 0.29) is 16.9 Å². The Morgan fingerprint density at radius 3 is 2.49 bits per heavy atom. The highest BCUT2D eigenvalue weighted by atomic mass is 16.5. The number of hydrogen-bond donors (Lipinski definition) is 4. The number of phenols is 1. The van der Waals surface area contributed by atoms with Crippen LogP contribution in [0, 0.1) is 23.7 Å². The molecule has 1 heterocycles. The molecule has 2 fully saturated rings. The zero-order valence-corrected chi connectivity index (χ0v) is 18.3. The topological polar surface area (TPSA) is 191 Å². The highest BCUT2D eigenvalue weighted by molar-refractivity contribution is 6.31. The predicted molar refractivity (Wildman–Crippen MR) is 114 cm³/mol. The summed E-state index contributed by atoms with van der Waals surface area (Å²) in [7, 11) is 0. The van der Waals surface area contributed by atoms with Crippen molar-refractivity contribution in [2.24, 2.45) is 29.4 Å². The van der Waals surface area contributed by atoms with Crippen LogP contribution in [0.15, 0.2) is 30.9 Å². The maximum atomic E-state index is 13.6. The monoisotopic (exact) mass is 483 g/mol. The van der Waals surface area contributed by atoms with Crippen molar-refractivity contribution in [1.29, 1.82) is 0 Å². The predicted octanol–water partition coefficient (Wildman–Crippen LogP) is -0.325. The number of ketones is 4. The number of aliphatic hydroxyl groups is 2. The van der Waals surface area contributed by atoms with E-state index < -0.39 is 82.5 Å². The molecule has 1 amide bonds. The quantitative estimate of drug-likeness (QED) is 0.405. The zero-order chi connectivity index (χ0) is 25.4. The molecule has 5 rings (SSSR count). The van der Waals surface area contributed by atoms with Crippen molar-refractivity contribution in [3.63, 3.8) is 0 Å². The number of ether oxygens (including phenoxy) is 2. The first-order chi connectivity index (χ1) is 16.5. The van der Waals surface area contributed by atoms with Crippen molar-refractivity contribution < 1.29 is 48.8 Å². The summed E-state index contributed by atoms with van der Waals surface area (Å²) in [5, 5.41) is 33.1. The van der Waals surface area contributed by atoms with Gasteiger partial charge in [0.25, 0.3) is 0 Å². The van der Waals surface area contributed by atoms with Gasteiger partial charge >= 0.3 is 0 Å². The molecule has 35 heavy (non-hydrogen) atoms. The van der Waals surface area contributed by atoms with Crippen molar-refractivity contribution in [3.05, 3.63) is 47.6 Å². The van der Waals surface area contributed by atoms with Crippen LogP contribution in [0.4, 0.5) is 0 Å². The summed E-state index contributed by atoms with van der Waals surface area (Å²) in [4.78, 5) is 64.5. The first kappa shape index (κ1) is 22.9. The van der Waals surface area contributed by atoms with Gasteiger partial charge in [-0.1, -0.05) is 6.92 Å². The van der Waals surface area contributed by atoms with Crippen molar-refractivity contribution in [2.75, 3.05) is 0 Å². The second-order valence-electron chi connectivity index (χ2n) is 9.23. The Morgan fingerprint density at radius 2 is 1.86 bits per heavy atom. The molecule has 11 nitrogen and oxygen atoms in total. The largest absolute Gasteiger partial charge is 0.507 e. The molecule has 1 aromatic carbocycles. The molecular formula is C24H21NO10. The van der Waals surface area contributed by atoms with Crippen LogP contribution in [0.25, 0.3) is 5.76 Å². The minimum atomic E-state index is -2.96. The number of hydrogen-bond acceptors (Lipinski definition) is 10. The first-order valence-electron chi connectivity index (χ1n) is 10.9. The number of benzene rings is 1. The van der Waals surface area contributed by atoms with Crippen LogP contribution in [0.2, 0.25) is 0 Å². The van der Waals surface area contributed by atoms with E-state index in [1.165, 1.54) is 30.9 Å². The van der Waals surface area contributed by atoms with Crippen molar-refractivity contribution in [2.45, 2.75) is 31.0 Å². The van der Waals surface area contributed by atoms with Crippen LogP contribution >= 0.6 is 0 Å². The Kier molecular flexibility index (Phi) is 4.97. The summed E-state index contributed by atoms with van der Waals surface area (Å²) in [5.41, 5.74) is 2.63. The second kappa shape index (κ2) is 7.59. The van der Waals surface area contributed by atoms with E-state index in [1.54, 1.807) is 6.92 Å². The van der Waals surface area contributed by atoms with E-state index in [0.717, 1.165) is 0 Å². The molecule has 1 aromatic rings. The van der Waals surface area contributed by atoms with Gasteiger partial charge in [-0.3, -0.25) is 24.0 Å². The Morgan fingerprint density at radius 1 is 1.14 bits per heavy atom. The van der Waals surface area contributed by atoms with Gasteiger partial charge in [0, 0.05) is 23.8 Å². The fourth-order valence-corrected chi connectivity index (χ4v) is 6.04. The van der Waals surface area contributed by atoms with E-state index in [0.29, 0.717) is 5.56 Å². The third-order valence-electron chi connectivity index (χ3n) is 7.61. The molecule has 182 valence electrons. The molecule has 0 aromatic heterocycles. The number of nitrogens with two attached hydrogens (primary N) is 1. The number of amides is 1. The van der Waals surface area contributed by atoms with Crippen molar-refractivity contribution >= 4 is 34.8 Å². The number of carbonyl (C=O) groups is 5. The lowest BCUT2D eigenvalue weighted by Gasteiger charge is -2.53. The molecule has 0 spiro atoms. The lowest BCUT2D eigenvalue weighted by Crippen LogP contribution is -2.72. The third-order valence-corrected chi connectivity index (χ3v) is 7.61. The minimum Gasteiger partial charge on any atom is -0.507 e. The van der Waals surface area contributed by atoms with Gasteiger partial charge in [0.1, 0.15) is 24.5 Å². The first-order valence-corrected chi connectivity index (χ1v) is 10.9. The number of primary amides is 1. The second-order valence-corrected chi connectivity index (χ2v) is 9.23. The lowest BCUT2D eigenvalue weighted by molar-refractivity contribution is -0.189. The molecular weight excluding hydrogens is 462 g/mol. The molecule has 0 saturated heterocycles. The summed E-state index contributed by atoms with van der Waals surface area (Å²) < 4.78 is 10.6. The normalized spacial score (nSPS) is 35.8. The van der Waals surface area contributed by atoms with E-state index in [9.17, 15) is 39.3 Å². The molecule has 4 aliphatic rings. The van der Waals surface area contributed by atoms with Gasteiger partial charge in [-0.25, -0.2) is 0 Å². The van der Waals surface area contributed by atoms with E-state index in [1.807, 2.05) is 0 Å². The molecule has 11 heteroatoms. The molecule has 0 radical (unpaired) electrons. The Balaban J connectivity index is 1.68. The van der Waals surface area contributed by atoms with Crippen molar-refractivity contribution in [1.82, 2.24) is 0 Å². The Labute approximate surface area is 197 Å². The summed E-state index contributed by atoms with van der Waals surface area (Å²) in [6.45, 7) is 1.62. The average Bonchev–Trinajstić information content (AvgIpc) is 2.82. The number of carbonyl (C=O) groups excluding carboxylic acids is 5. The summed E-state index contributed by atoms with van der Waals surface area (Å²) in [5.74, 6) is -13.3. The Hall–Kier alpha value is -3.83. The fourth-order valence-electron chi connectivity index (χ4n) is 6.04. The summed E-state index contributed by atoms with van der Waals surface area (Å²) in [6, 6.07) is 2.72. The van der Waals surface area contributed by atoms with Crippen LogP contribution in [0.5, 0.6) is 5.75 Å². The standard InChI is InChI=1S/C24H21NO10/c1-8-14-9(13-7-34-4-5-35-13)2-3-11(26)16(14)20(29)18-15(8)19(28)10-6-12(27)17(23(25)32)21(30)24(10,33)22(18)31/h2-5,7-8,10,15,17-19,26,28,33H,6H2,1H3,(H2,25,32)/t8-,10+,15+,17?,18?,19+,24+/m0/s1. The lowest BCUT2D eigenvalue weighted by atomic mass is 9.50. The third kappa shape index (κ3) is 2.88. The number of phenolic OH excluding ortho intramolecular Hbond substituents is 1. The van der Waals surface area contributed by atoms with Gasteiger partial charge < -0.3 is 30.5 Å². The van der Waals surface area contributed by atoms with Gasteiger partial charge in [0.15, 0.2) is 40.4 Å². The molecule has 1 aliphatic heterocycles. The number of aromatic hydroxyl groups is 1. The highest BCUT2D eigenvalue weighted by Crippen LogP contribution is 2.55. The highest BCUT2D eigenvalue weighted by Gasteiger charge is 2.70. The minimum absolute atomic E-state index is 0.210. The molecule has 5 N–H and O–H groups in total. The summed E-state index contributed by atoms with van der Waals surface area (Å²) >= 11 is 0. The van der Waals surface area contributed by atoms with Gasteiger partial charge in [0.2, 0.25) is 5.91 Å². The van der Waals surface area contributed by atoms with E-state index >= 15 is 0 Å². The maximum Gasteiger partial charge on any atom is 0.235 e. The number of rotatable bonds is 2. The van der Waals surface area contributed by atoms with Crippen LogP contribution < -0.4 is 5.73 Å². The number of fused-ring (bicyclic) bond motifs is 3. The zero-order valence-electron chi connectivity index (χ0n) is 18.3. The van der Waals surface area contributed by atoms with Crippen LogP contribution in [-0.4, -0.2) is 56.1 Å². The molecule has 2 unspecified atom stereocenters. The van der Waals surface area contributed by atoms with Gasteiger partial charge in [-0.2, -0.15) is 0 Å². The van der Waals surface area contributed by atoms with Crippen LogP contribution in [0.1, 0.15) is 40.7 Å². The van der Waals surface area contributed by atoms with E-state index in [2.05, 4.69) is 0 Å². The molecule has 7 atom stereocenters. The SMILES string of the molecule is C[C@H]1c2c(C3=COC=CO3)ccc(O)c2C(=O)C2C(=O)[C@]3(O)C(=O)C(C(N)=O)C(=O)C[C@@H]3[C@@H](O)[C@@H]21. The van der Waals surface area contributed by atoms with Crippen LogP contribution in [0.3, 0.4) is 0 Å². The van der Waals surface area contributed by atoms with Gasteiger partial charge in [0.05, 0.1) is 17.6 Å². The van der Waals surface area contributed by atoms with Gasteiger partial charge in [-0.05, 0) is 23.6 Å².